The maximum Gasteiger partial charge on any atom is 0.276 e. The van der Waals surface area contributed by atoms with Gasteiger partial charge in [-0.2, -0.15) is 5.10 Å². The molecule has 2 N–H and O–H groups in total. The number of nitrogens with zero attached hydrogens (tertiary/aromatic N) is 3. The Morgan fingerprint density at radius 1 is 1.27 bits per heavy atom. The molecule has 0 saturated heterocycles. The van der Waals surface area contributed by atoms with E-state index in [0.29, 0.717) is 24.8 Å². The van der Waals surface area contributed by atoms with Crippen LogP contribution in [0.2, 0.25) is 0 Å². The fourth-order valence-electron chi connectivity index (χ4n) is 4.68. The maximum absolute atomic E-state index is 13.2. The zero-order valence-electron chi connectivity index (χ0n) is 18.1. The molecule has 2 aliphatic rings. The third-order valence-electron chi connectivity index (χ3n) is 6.46. The van der Waals surface area contributed by atoms with E-state index in [2.05, 4.69) is 22.7 Å². The Bertz CT molecular complexity index is 947. The van der Waals surface area contributed by atoms with Crippen LogP contribution in [-0.4, -0.2) is 51.2 Å². The van der Waals surface area contributed by atoms with Crippen molar-refractivity contribution >= 4 is 17.5 Å². The molecule has 2 aromatic rings. The van der Waals surface area contributed by atoms with Gasteiger partial charge in [0.05, 0.1) is 12.1 Å². The molecule has 1 aliphatic carbocycles. The molecule has 7 heteroatoms. The van der Waals surface area contributed by atoms with Crippen LogP contribution in [0.15, 0.2) is 30.3 Å². The predicted molar refractivity (Wildman–Crippen MR) is 117 cm³/mol. The van der Waals surface area contributed by atoms with Gasteiger partial charge >= 0.3 is 0 Å². The summed E-state index contributed by atoms with van der Waals surface area (Å²) in [6, 6.07) is 9.76. The molecular formula is C23H31N5O2. The molecule has 7 nitrogen and oxygen atoms in total. The molecule has 0 bridgehead atoms. The van der Waals surface area contributed by atoms with Gasteiger partial charge in [0.1, 0.15) is 5.69 Å². The summed E-state index contributed by atoms with van der Waals surface area (Å²) in [5.41, 5.74) is 2.10. The number of hydrogen-bond acceptors (Lipinski definition) is 4. The summed E-state index contributed by atoms with van der Waals surface area (Å²) < 4.78 is 1.71. The first-order chi connectivity index (χ1) is 14.4. The van der Waals surface area contributed by atoms with Crippen molar-refractivity contribution in [1.29, 1.82) is 0 Å². The van der Waals surface area contributed by atoms with Crippen LogP contribution in [0.25, 0.3) is 0 Å². The molecule has 1 aromatic carbocycles. The van der Waals surface area contributed by atoms with Crippen molar-refractivity contribution in [3.8, 4) is 0 Å². The topological polar surface area (TPSA) is 79.3 Å². The summed E-state index contributed by atoms with van der Waals surface area (Å²) in [5, 5.41) is 11.1. The quantitative estimate of drug-likeness (QED) is 0.768. The van der Waals surface area contributed by atoms with Crippen LogP contribution in [0.1, 0.15) is 66.1 Å². The van der Waals surface area contributed by atoms with Gasteiger partial charge in [-0.3, -0.25) is 14.3 Å². The number of amides is 2. The van der Waals surface area contributed by atoms with Crippen molar-refractivity contribution < 1.29 is 9.59 Å². The van der Waals surface area contributed by atoms with Gasteiger partial charge in [-0.25, -0.2) is 0 Å². The number of nitrogens with one attached hydrogen (secondary N) is 2. The van der Waals surface area contributed by atoms with Crippen molar-refractivity contribution in [2.75, 3.05) is 18.4 Å². The number of likely N-dealkylation sites (N-methyl/N-ethyl adjacent to an activating group) is 1. The minimum Gasteiger partial charge on any atom is -0.329 e. The molecule has 2 amide bonds. The first-order valence-electron chi connectivity index (χ1n) is 10.9. The van der Waals surface area contributed by atoms with Gasteiger partial charge in [-0.05, 0) is 45.2 Å². The van der Waals surface area contributed by atoms with Gasteiger partial charge < -0.3 is 15.5 Å². The molecule has 1 unspecified atom stereocenters. The van der Waals surface area contributed by atoms with Crippen LogP contribution in [0.5, 0.6) is 0 Å². The number of hydrogen-bond donors (Lipinski definition) is 2. The Kier molecular flexibility index (Phi) is 5.64. The highest BCUT2D eigenvalue weighted by Crippen LogP contribution is 2.28. The molecular weight excluding hydrogens is 378 g/mol. The van der Waals surface area contributed by atoms with Gasteiger partial charge in [-0.1, -0.05) is 31.0 Å². The van der Waals surface area contributed by atoms with E-state index in [4.69, 9.17) is 0 Å². The van der Waals surface area contributed by atoms with Gasteiger partial charge in [0.25, 0.3) is 11.8 Å². The van der Waals surface area contributed by atoms with Crippen molar-refractivity contribution in [3.05, 3.63) is 47.3 Å². The third kappa shape index (κ3) is 3.86. The van der Waals surface area contributed by atoms with E-state index in [1.165, 1.54) is 25.7 Å². The van der Waals surface area contributed by atoms with E-state index in [1.54, 1.807) is 10.7 Å². The number of anilines is 1. The van der Waals surface area contributed by atoms with Gasteiger partial charge in [0.2, 0.25) is 0 Å². The third-order valence-corrected chi connectivity index (χ3v) is 6.46. The Morgan fingerprint density at radius 2 is 2.00 bits per heavy atom. The van der Waals surface area contributed by atoms with E-state index in [0.717, 1.165) is 17.8 Å². The second-order valence-corrected chi connectivity index (χ2v) is 8.75. The summed E-state index contributed by atoms with van der Waals surface area (Å²) in [6.45, 7) is 7.97. The van der Waals surface area contributed by atoms with Gasteiger partial charge in [0, 0.05) is 30.9 Å². The molecule has 1 aliphatic heterocycles. The first kappa shape index (κ1) is 20.6. The van der Waals surface area contributed by atoms with Crippen LogP contribution in [0.4, 0.5) is 5.69 Å². The van der Waals surface area contributed by atoms with E-state index in [-0.39, 0.29) is 23.0 Å². The average molecular weight is 410 g/mol. The monoisotopic (exact) mass is 409 g/mol. The summed E-state index contributed by atoms with van der Waals surface area (Å²) in [4.78, 5) is 27.9. The molecule has 30 heavy (non-hydrogen) atoms. The fraction of sp³-hybridized carbons (Fsp3) is 0.522. The van der Waals surface area contributed by atoms with Crippen LogP contribution < -0.4 is 10.6 Å². The van der Waals surface area contributed by atoms with Crippen LogP contribution in [-0.2, 0) is 6.54 Å². The number of rotatable bonds is 6. The molecule has 4 rings (SSSR count). The summed E-state index contributed by atoms with van der Waals surface area (Å²) >= 11 is 0. The molecule has 1 atom stereocenters. The number of fused-ring (bicyclic) bond motifs is 1. The second kappa shape index (κ2) is 8.22. The van der Waals surface area contributed by atoms with Crippen LogP contribution in [0, 0.1) is 6.92 Å². The largest absolute Gasteiger partial charge is 0.329 e. The molecule has 0 spiro atoms. The summed E-state index contributed by atoms with van der Waals surface area (Å²) in [5.74, 6) is -0.366. The summed E-state index contributed by atoms with van der Waals surface area (Å²) in [6.07, 6.45) is 4.94. The lowest BCUT2D eigenvalue weighted by atomic mass is 9.95. The zero-order valence-corrected chi connectivity index (χ0v) is 18.1. The Balaban J connectivity index is 1.54. The molecule has 1 aromatic heterocycles. The molecule has 2 heterocycles. The number of aromatic nitrogens is 2. The number of para-hydroxylation sites is 1. The number of carbonyl (C=O) groups is 2. The Morgan fingerprint density at radius 3 is 2.70 bits per heavy atom. The van der Waals surface area contributed by atoms with Gasteiger partial charge in [-0.15, -0.1) is 0 Å². The lowest BCUT2D eigenvalue weighted by Crippen LogP contribution is -2.61. The van der Waals surface area contributed by atoms with Crippen molar-refractivity contribution in [2.45, 2.75) is 64.6 Å². The van der Waals surface area contributed by atoms with E-state index in [1.807, 2.05) is 43.0 Å². The molecule has 0 radical (unpaired) electrons. The van der Waals surface area contributed by atoms with Crippen LogP contribution in [0.3, 0.4) is 0 Å². The van der Waals surface area contributed by atoms with Crippen molar-refractivity contribution in [1.82, 2.24) is 20.0 Å². The second-order valence-electron chi connectivity index (χ2n) is 8.75. The lowest BCUT2D eigenvalue weighted by molar-refractivity contribution is 0.0355. The van der Waals surface area contributed by atoms with Crippen LogP contribution >= 0.6 is 0 Å². The Labute approximate surface area is 177 Å². The standard InChI is InChI=1S/C23H31N5O2/c1-4-27-22(30)20-13-19(21(29)25-18-12-8-5-9-16(18)2)26-28(20)15-23(27,3)14-24-17-10-6-7-11-17/h5,8-9,12-13,17,24H,4,6-7,10-11,14-15H2,1-3H3,(H,25,29). The van der Waals surface area contributed by atoms with E-state index in [9.17, 15) is 9.59 Å². The SMILES string of the molecule is CCN1C(=O)c2cc(C(=O)Nc3ccccc3C)nn2CC1(C)CNC1CCCC1. The number of carbonyl (C=O) groups excluding carboxylic acids is 2. The number of aryl methyl sites for hydroxylation is 1. The summed E-state index contributed by atoms with van der Waals surface area (Å²) in [7, 11) is 0. The van der Waals surface area contributed by atoms with Crippen molar-refractivity contribution in [2.24, 2.45) is 0 Å². The highest BCUT2D eigenvalue weighted by Gasteiger charge is 2.42. The normalized spacial score (nSPS) is 21.7. The average Bonchev–Trinajstić information content (AvgIpc) is 3.38. The van der Waals surface area contributed by atoms with E-state index >= 15 is 0 Å². The minimum atomic E-state index is -0.378. The highest BCUT2D eigenvalue weighted by atomic mass is 16.2. The smallest absolute Gasteiger partial charge is 0.276 e. The predicted octanol–water partition coefficient (Wildman–Crippen LogP) is 3.21. The first-order valence-corrected chi connectivity index (χ1v) is 10.9. The lowest BCUT2D eigenvalue weighted by Gasteiger charge is -2.44. The highest BCUT2D eigenvalue weighted by molar-refractivity contribution is 6.05. The number of benzene rings is 1. The van der Waals surface area contributed by atoms with Gasteiger partial charge in [0.15, 0.2) is 5.69 Å². The molecule has 160 valence electrons. The fourth-order valence-corrected chi connectivity index (χ4v) is 4.68. The molecule has 1 fully saturated rings. The van der Waals surface area contributed by atoms with E-state index < -0.39 is 0 Å². The zero-order chi connectivity index (χ0) is 21.3. The van der Waals surface area contributed by atoms with Crippen molar-refractivity contribution in [3.63, 3.8) is 0 Å². The molecule has 1 saturated carbocycles. The maximum atomic E-state index is 13.2. The minimum absolute atomic E-state index is 0.0677. The Hall–Kier alpha value is -2.67.